The number of rotatable bonds is 4. The van der Waals surface area contributed by atoms with Crippen LogP contribution in [0.2, 0.25) is 0 Å². The molecule has 1 N–H and O–H groups in total. The van der Waals surface area contributed by atoms with Gasteiger partial charge in [-0.15, -0.1) is 0 Å². The molecule has 3 rings (SSSR count). The first-order valence-electron chi connectivity index (χ1n) is 8.72. The van der Waals surface area contributed by atoms with E-state index >= 15 is 0 Å². The van der Waals surface area contributed by atoms with Crippen molar-refractivity contribution in [1.29, 1.82) is 0 Å². The third kappa shape index (κ3) is 3.34. The normalized spacial score (nSPS) is 28.7. The van der Waals surface area contributed by atoms with Crippen molar-refractivity contribution in [3.63, 3.8) is 0 Å². The van der Waals surface area contributed by atoms with Gasteiger partial charge in [0.05, 0.1) is 6.10 Å². The summed E-state index contributed by atoms with van der Waals surface area (Å²) in [6.07, 6.45) is 2.73. The predicted octanol–water partition coefficient (Wildman–Crippen LogP) is 4.58. The molecule has 2 heteroatoms. The fourth-order valence-electron chi connectivity index (χ4n) is 4.14. The molecule has 1 saturated heterocycles. The Morgan fingerprint density at radius 1 is 0.957 bits per heavy atom. The van der Waals surface area contributed by atoms with Crippen LogP contribution < -0.4 is 0 Å². The van der Waals surface area contributed by atoms with Crippen LogP contribution in [-0.2, 0) is 0 Å². The Bertz CT molecular complexity index is 598. The number of likely N-dealkylation sites (tertiary alicyclic amines) is 1. The maximum atomic E-state index is 10.9. The highest BCUT2D eigenvalue weighted by Gasteiger charge is 2.41. The SMILES string of the molecule is CCCC1C(O)CC(c2ccccc2)N(C)C1c1ccccc1. The Morgan fingerprint density at radius 3 is 2.09 bits per heavy atom. The van der Waals surface area contributed by atoms with Gasteiger partial charge in [0, 0.05) is 18.0 Å². The van der Waals surface area contributed by atoms with E-state index in [1.54, 1.807) is 0 Å². The molecule has 1 aliphatic heterocycles. The number of nitrogens with zero attached hydrogens (tertiary/aromatic N) is 1. The van der Waals surface area contributed by atoms with Crippen LogP contribution in [0.25, 0.3) is 0 Å². The fourth-order valence-corrected chi connectivity index (χ4v) is 4.14. The average Bonchev–Trinajstić information content (AvgIpc) is 2.60. The number of aliphatic hydroxyl groups excluding tert-OH is 1. The van der Waals surface area contributed by atoms with Gasteiger partial charge in [-0.3, -0.25) is 4.90 Å². The van der Waals surface area contributed by atoms with Crippen LogP contribution in [0.4, 0.5) is 0 Å². The zero-order valence-electron chi connectivity index (χ0n) is 14.1. The van der Waals surface area contributed by atoms with E-state index < -0.39 is 0 Å². The first-order chi connectivity index (χ1) is 11.2. The maximum absolute atomic E-state index is 10.9. The first kappa shape index (κ1) is 16.2. The van der Waals surface area contributed by atoms with E-state index in [0.717, 1.165) is 19.3 Å². The Morgan fingerprint density at radius 2 is 1.52 bits per heavy atom. The van der Waals surface area contributed by atoms with E-state index in [4.69, 9.17) is 0 Å². The van der Waals surface area contributed by atoms with Crippen molar-refractivity contribution in [1.82, 2.24) is 4.90 Å². The van der Waals surface area contributed by atoms with Crippen molar-refractivity contribution in [3.05, 3.63) is 71.8 Å². The smallest absolute Gasteiger partial charge is 0.0604 e. The van der Waals surface area contributed by atoms with E-state index in [2.05, 4.69) is 79.5 Å². The van der Waals surface area contributed by atoms with E-state index in [9.17, 15) is 5.11 Å². The summed E-state index contributed by atoms with van der Waals surface area (Å²) < 4.78 is 0. The van der Waals surface area contributed by atoms with Gasteiger partial charge in [0.15, 0.2) is 0 Å². The van der Waals surface area contributed by atoms with Crippen molar-refractivity contribution in [2.24, 2.45) is 5.92 Å². The lowest BCUT2D eigenvalue weighted by Gasteiger charge is -2.47. The van der Waals surface area contributed by atoms with Gasteiger partial charge in [-0.05, 0) is 31.0 Å². The maximum Gasteiger partial charge on any atom is 0.0604 e. The molecule has 23 heavy (non-hydrogen) atoms. The number of benzene rings is 2. The second kappa shape index (κ2) is 7.29. The van der Waals surface area contributed by atoms with E-state index in [1.165, 1.54) is 11.1 Å². The molecule has 0 amide bonds. The minimum atomic E-state index is -0.249. The predicted molar refractivity (Wildman–Crippen MR) is 95.2 cm³/mol. The summed E-state index contributed by atoms with van der Waals surface area (Å²) in [5, 5.41) is 10.9. The number of hydrogen-bond acceptors (Lipinski definition) is 2. The van der Waals surface area contributed by atoms with Gasteiger partial charge in [0.2, 0.25) is 0 Å². The first-order valence-corrected chi connectivity index (χ1v) is 8.72. The van der Waals surface area contributed by atoms with Crippen molar-refractivity contribution < 1.29 is 5.11 Å². The zero-order valence-corrected chi connectivity index (χ0v) is 14.1. The number of aliphatic hydroxyl groups is 1. The van der Waals surface area contributed by atoms with Gasteiger partial charge in [-0.1, -0.05) is 74.0 Å². The summed E-state index contributed by atoms with van der Waals surface area (Å²) in [7, 11) is 2.21. The summed E-state index contributed by atoms with van der Waals surface area (Å²) in [6.45, 7) is 2.21. The molecule has 0 saturated carbocycles. The van der Waals surface area contributed by atoms with Crippen LogP contribution in [0.15, 0.2) is 60.7 Å². The quantitative estimate of drug-likeness (QED) is 0.893. The molecule has 2 aromatic rings. The fraction of sp³-hybridized carbons (Fsp3) is 0.429. The molecule has 1 heterocycles. The molecular weight excluding hydrogens is 282 g/mol. The Kier molecular flexibility index (Phi) is 5.14. The van der Waals surface area contributed by atoms with E-state index in [1.807, 2.05) is 0 Å². The van der Waals surface area contributed by atoms with Crippen LogP contribution in [-0.4, -0.2) is 23.2 Å². The van der Waals surface area contributed by atoms with Gasteiger partial charge in [0.25, 0.3) is 0 Å². The van der Waals surface area contributed by atoms with Crippen LogP contribution in [0, 0.1) is 5.92 Å². The van der Waals surface area contributed by atoms with Crippen LogP contribution >= 0.6 is 0 Å². The minimum Gasteiger partial charge on any atom is -0.393 e. The van der Waals surface area contributed by atoms with Crippen LogP contribution in [0.3, 0.4) is 0 Å². The highest BCUT2D eigenvalue weighted by atomic mass is 16.3. The van der Waals surface area contributed by atoms with Gasteiger partial charge < -0.3 is 5.11 Å². The lowest BCUT2D eigenvalue weighted by atomic mass is 9.76. The molecule has 2 aromatic carbocycles. The summed E-state index contributed by atoms with van der Waals surface area (Å²) >= 11 is 0. The standard InChI is InChI=1S/C21H27NO/c1-3-10-18-20(23)15-19(16-11-6-4-7-12-16)22(2)21(18)17-13-8-5-9-14-17/h4-9,11-14,18-21,23H,3,10,15H2,1-2H3. The molecular formula is C21H27NO. The number of hydrogen-bond donors (Lipinski definition) is 1. The molecule has 0 aliphatic carbocycles. The lowest BCUT2D eigenvalue weighted by molar-refractivity contribution is -0.0439. The molecule has 0 spiro atoms. The molecule has 1 aliphatic rings. The second-order valence-corrected chi connectivity index (χ2v) is 6.70. The van der Waals surface area contributed by atoms with E-state index in [-0.39, 0.29) is 18.2 Å². The highest BCUT2D eigenvalue weighted by molar-refractivity contribution is 5.25. The lowest BCUT2D eigenvalue weighted by Crippen LogP contribution is -2.45. The minimum absolute atomic E-state index is 0.249. The molecule has 122 valence electrons. The summed E-state index contributed by atoms with van der Waals surface area (Å²) in [5.41, 5.74) is 2.61. The van der Waals surface area contributed by atoms with Crippen LogP contribution in [0.1, 0.15) is 49.4 Å². The third-order valence-corrected chi connectivity index (χ3v) is 5.24. The Labute approximate surface area is 139 Å². The van der Waals surface area contributed by atoms with Crippen molar-refractivity contribution in [2.75, 3.05) is 7.05 Å². The molecule has 1 fully saturated rings. The van der Waals surface area contributed by atoms with Crippen molar-refractivity contribution >= 4 is 0 Å². The molecule has 0 radical (unpaired) electrons. The summed E-state index contributed by atoms with van der Waals surface area (Å²) in [5.74, 6) is 0.298. The third-order valence-electron chi connectivity index (χ3n) is 5.24. The van der Waals surface area contributed by atoms with Crippen molar-refractivity contribution in [2.45, 2.75) is 44.4 Å². The topological polar surface area (TPSA) is 23.5 Å². The second-order valence-electron chi connectivity index (χ2n) is 6.70. The Hall–Kier alpha value is -1.64. The van der Waals surface area contributed by atoms with Gasteiger partial charge >= 0.3 is 0 Å². The van der Waals surface area contributed by atoms with Gasteiger partial charge in [-0.25, -0.2) is 0 Å². The summed E-state index contributed by atoms with van der Waals surface area (Å²) in [6, 6.07) is 21.8. The van der Waals surface area contributed by atoms with Gasteiger partial charge in [0.1, 0.15) is 0 Å². The van der Waals surface area contributed by atoms with E-state index in [0.29, 0.717) is 5.92 Å². The molecule has 4 unspecified atom stereocenters. The average molecular weight is 309 g/mol. The van der Waals surface area contributed by atoms with Crippen molar-refractivity contribution in [3.8, 4) is 0 Å². The van der Waals surface area contributed by atoms with Crippen LogP contribution in [0.5, 0.6) is 0 Å². The molecule has 0 bridgehead atoms. The molecule has 2 nitrogen and oxygen atoms in total. The zero-order chi connectivity index (χ0) is 16.2. The monoisotopic (exact) mass is 309 g/mol. The molecule has 0 aromatic heterocycles. The highest BCUT2D eigenvalue weighted by Crippen LogP contribution is 2.45. The molecule has 4 atom stereocenters. The van der Waals surface area contributed by atoms with Gasteiger partial charge in [-0.2, -0.15) is 0 Å². The number of piperidine rings is 1. The summed E-state index contributed by atoms with van der Waals surface area (Å²) in [4.78, 5) is 2.47. The largest absolute Gasteiger partial charge is 0.393 e. The Balaban J connectivity index is 1.97.